The summed E-state index contributed by atoms with van der Waals surface area (Å²) in [5.41, 5.74) is 1.24. The zero-order chi connectivity index (χ0) is 10.7. The molecule has 0 N–H and O–H groups in total. The highest BCUT2D eigenvalue weighted by Crippen LogP contribution is 2.17. The molecule has 0 fully saturated rings. The summed E-state index contributed by atoms with van der Waals surface area (Å²) in [6.07, 6.45) is -0.499. The Kier molecular flexibility index (Phi) is 2.78. The number of rotatable bonds is 3. The van der Waals surface area contributed by atoms with E-state index in [1.165, 1.54) is 0 Å². The minimum Gasteiger partial charge on any atom is -0.848 e. The minimum atomic E-state index is -0.876. The second kappa shape index (κ2) is 4.23. The van der Waals surface area contributed by atoms with Crippen LogP contribution in [0.5, 0.6) is 0 Å². The van der Waals surface area contributed by atoms with Crippen LogP contribution in [0.2, 0.25) is 0 Å². The molecule has 0 saturated heterocycles. The number of nitrogens with zero attached hydrogens (tertiary/aromatic N) is 1. The molecular weight excluding hydrogens is 194 g/mol. The average Bonchev–Trinajstić information content (AvgIpc) is 2.65. The second-order valence-corrected chi connectivity index (χ2v) is 3.40. The quantitative estimate of drug-likeness (QED) is 0.683. The van der Waals surface area contributed by atoms with Crippen molar-refractivity contribution in [1.82, 2.24) is 0 Å². The summed E-state index contributed by atoms with van der Waals surface area (Å²) >= 11 is 0. The highest BCUT2D eigenvalue weighted by molar-refractivity contribution is 6.01. The minimum absolute atomic E-state index is 0.144. The first kappa shape index (κ1) is 9.86. The van der Waals surface area contributed by atoms with Gasteiger partial charge in [-0.25, -0.2) is 4.79 Å². The van der Waals surface area contributed by atoms with E-state index < -0.39 is 6.10 Å². The lowest BCUT2D eigenvalue weighted by molar-refractivity contribution is -0.424. The van der Waals surface area contributed by atoms with E-state index in [0.29, 0.717) is 11.3 Å². The van der Waals surface area contributed by atoms with Crippen LogP contribution in [0.4, 0.5) is 0 Å². The van der Waals surface area contributed by atoms with Crippen molar-refractivity contribution in [2.45, 2.75) is 18.9 Å². The third-order valence-electron chi connectivity index (χ3n) is 2.22. The number of oxime groups is 1. The molecule has 0 spiro atoms. The molecule has 1 unspecified atom stereocenters. The standard InChI is InChI=1S/C11H10NO3/c13-10(8-4-2-1-3-5-8)6-9-7-11(14)15-12-9/h1-5,10H,6-7H2/q-1. The van der Waals surface area contributed by atoms with Crippen LogP contribution in [-0.2, 0) is 9.63 Å². The molecule has 1 aliphatic rings. The molecule has 0 amide bonds. The lowest BCUT2D eigenvalue weighted by Gasteiger charge is -2.21. The predicted molar refractivity (Wildman–Crippen MR) is 51.9 cm³/mol. The summed E-state index contributed by atoms with van der Waals surface area (Å²) in [5, 5.41) is 15.3. The van der Waals surface area contributed by atoms with E-state index in [-0.39, 0.29) is 18.8 Å². The van der Waals surface area contributed by atoms with Gasteiger partial charge in [0.05, 0.1) is 12.1 Å². The van der Waals surface area contributed by atoms with Crippen molar-refractivity contribution in [1.29, 1.82) is 0 Å². The number of benzene rings is 1. The van der Waals surface area contributed by atoms with Gasteiger partial charge in [0.2, 0.25) is 0 Å². The third kappa shape index (κ3) is 2.41. The fraction of sp³-hybridized carbons (Fsp3) is 0.273. The van der Waals surface area contributed by atoms with E-state index in [1.807, 2.05) is 18.2 Å². The molecule has 4 heteroatoms. The molecule has 0 saturated carbocycles. The molecule has 78 valence electrons. The fourth-order valence-corrected chi connectivity index (χ4v) is 1.46. The first-order valence-electron chi connectivity index (χ1n) is 4.72. The Morgan fingerprint density at radius 3 is 2.73 bits per heavy atom. The van der Waals surface area contributed by atoms with E-state index in [0.717, 1.165) is 0 Å². The smallest absolute Gasteiger partial charge is 0.340 e. The molecule has 2 rings (SSSR count). The van der Waals surface area contributed by atoms with Crippen molar-refractivity contribution in [3.05, 3.63) is 35.9 Å². The lowest BCUT2D eigenvalue weighted by atomic mass is 10.0. The van der Waals surface area contributed by atoms with Gasteiger partial charge >= 0.3 is 5.97 Å². The molecule has 1 aliphatic heterocycles. The van der Waals surface area contributed by atoms with Crippen molar-refractivity contribution in [2.24, 2.45) is 5.16 Å². The lowest BCUT2D eigenvalue weighted by Crippen LogP contribution is -2.19. The first-order valence-corrected chi connectivity index (χ1v) is 4.72. The zero-order valence-electron chi connectivity index (χ0n) is 8.05. The van der Waals surface area contributed by atoms with Crippen molar-refractivity contribution in [3.8, 4) is 0 Å². The van der Waals surface area contributed by atoms with Crippen LogP contribution >= 0.6 is 0 Å². The van der Waals surface area contributed by atoms with Gasteiger partial charge in [0, 0.05) is 0 Å². The highest BCUT2D eigenvalue weighted by atomic mass is 16.7. The van der Waals surface area contributed by atoms with Gasteiger partial charge in [-0.1, -0.05) is 47.2 Å². The summed E-state index contributed by atoms with van der Waals surface area (Å²) in [6.45, 7) is 0. The molecule has 1 atom stereocenters. The Hall–Kier alpha value is -1.68. The van der Waals surface area contributed by atoms with Crippen molar-refractivity contribution in [2.75, 3.05) is 0 Å². The molecular formula is C11H10NO3-. The van der Waals surface area contributed by atoms with Crippen molar-refractivity contribution >= 4 is 11.7 Å². The van der Waals surface area contributed by atoms with Crippen LogP contribution in [0.3, 0.4) is 0 Å². The summed E-state index contributed by atoms with van der Waals surface area (Å²) in [5.74, 6) is -0.384. The Morgan fingerprint density at radius 1 is 1.40 bits per heavy atom. The molecule has 1 aromatic carbocycles. The Morgan fingerprint density at radius 2 is 2.13 bits per heavy atom. The van der Waals surface area contributed by atoms with Gasteiger partial charge in [0.25, 0.3) is 0 Å². The summed E-state index contributed by atoms with van der Waals surface area (Å²) in [4.78, 5) is 15.1. The SMILES string of the molecule is O=C1CC(CC([O-])c2ccccc2)=NO1. The van der Waals surface area contributed by atoms with Gasteiger partial charge < -0.3 is 9.94 Å². The van der Waals surface area contributed by atoms with Crippen LogP contribution in [-0.4, -0.2) is 11.7 Å². The number of hydrogen-bond acceptors (Lipinski definition) is 4. The Labute approximate surface area is 87.2 Å². The monoisotopic (exact) mass is 204 g/mol. The van der Waals surface area contributed by atoms with Crippen molar-refractivity contribution in [3.63, 3.8) is 0 Å². The maximum atomic E-state index is 11.7. The topological polar surface area (TPSA) is 61.7 Å². The number of carbonyl (C=O) groups is 1. The molecule has 1 aromatic rings. The van der Waals surface area contributed by atoms with Gasteiger partial charge in [-0.2, -0.15) is 0 Å². The summed E-state index contributed by atoms with van der Waals surface area (Å²) in [7, 11) is 0. The maximum absolute atomic E-state index is 11.7. The van der Waals surface area contributed by atoms with Crippen LogP contribution in [0.15, 0.2) is 35.5 Å². The molecule has 1 heterocycles. The van der Waals surface area contributed by atoms with Gasteiger partial charge in [-0.3, -0.25) is 0 Å². The van der Waals surface area contributed by atoms with Crippen LogP contribution < -0.4 is 5.11 Å². The first-order chi connectivity index (χ1) is 7.25. The van der Waals surface area contributed by atoms with E-state index in [9.17, 15) is 9.90 Å². The molecule has 15 heavy (non-hydrogen) atoms. The maximum Gasteiger partial charge on any atom is 0.340 e. The summed E-state index contributed by atoms with van der Waals surface area (Å²) in [6, 6.07) is 9.04. The number of hydrogen-bond donors (Lipinski definition) is 0. The second-order valence-electron chi connectivity index (χ2n) is 3.40. The van der Waals surface area contributed by atoms with E-state index in [1.54, 1.807) is 12.1 Å². The van der Waals surface area contributed by atoms with Crippen molar-refractivity contribution < 1.29 is 14.7 Å². The average molecular weight is 204 g/mol. The molecule has 4 nitrogen and oxygen atoms in total. The van der Waals surface area contributed by atoms with Gasteiger partial charge in [-0.05, 0) is 6.42 Å². The number of carbonyl (C=O) groups excluding carboxylic acids is 1. The Balaban J connectivity index is 1.99. The normalized spacial score (nSPS) is 17.1. The Bertz CT molecular complexity index is 386. The largest absolute Gasteiger partial charge is 0.848 e. The molecule has 0 radical (unpaired) electrons. The molecule has 0 aliphatic carbocycles. The zero-order valence-corrected chi connectivity index (χ0v) is 8.05. The van der Waals surface area contributed by atoms with Crippen LogP contribution in [0, 0.1) is 0 Å². The molecule has 0 aromatic heterocycles. The van der Waals surface area contributed by atoms with E-state index >= 15 is 0 Å². The van der Waals surface area contributed by atoms with Gasteiger partial charge in [0.15, 0.2) is 0 Å². The predicted octanol–water partition coefficient (Wildman–Crippen LogP) is 0.781. The van der Waals surface area contributed by atoms with Crippen LogP contribution in [0.1, 0.15) is 24.5 Å². The van der Waals surface area contributed by atoms with E-state index in [2.05, 4.69) is 9.99 Å². The molecule has 0 bridgehead atoms. The van der Waals surface area contributed by atoms with Gasteiger partial charge in [-0.15, -0.1) is 0 Å². The van der Waals surface area contributed by atoms with Gasteiger partial charge in [0.1, 0.15) is 0 Å². The summed E-state index contributed by atoms with van der Waals surface area (Å²) < 4.78 is 0. The van der Waals surface area contributed by atoms with Crippen LogP contribution in [0.25, 0.3) is 0 Å². The highest BCUT2D eigenvalue weighted by Gasteiger charge is 2.17. The van der Waals surface area contributed by atoms with E-state index in [4.69, 9.17) is 0 Å². The fourth-order valence-electron chi connectivity index (χ4n) is 1.46. The third-order valence-corrected chi connectivity index (χ3v) is 2.22.